The predicted molar refractivity (Wildman–Crippen MR) is 127 cm³/mol. The number of amides is 2. The Bertz CT molecular complexity index is 1360. The van der Waals surface area contributed by atoms with Gasteiger partial charge in [0.25, 0.3) is 5.91 Å². The van der Waals surface area contributed by atoms with E-state index in [9.17, 15) is 22.8 Å². The van der Waals surface area contributed by atoms with Crippen LogP contribution in [0.1, 0.15) is 54.2 Å². The van der Waals surface area contributed by atoms with Gasteiger partial charge in [0.2, 0.25) is 11.8 Å². The van der Waals surface area contributed by atoms with Gasteiger partial charge in [-0.15, -0.1) is 0 Å². The van der Waals surface area contributed by atoms with E-state index in [1.54, 1.807) is 13.0 Å². The maximum Gasteiger partial charge on any atom is 0.433 e. The molecule has 2 aromatic heterocycles. The number of oxazole rings is 1. The lowest BCUT2D eigenvalue weighted by molar-refractivity contribution is -0.142. The molecular formula is C25H26F3N5O4. The maximum absolute atomic E-state index is 13.3. The van der Waals surface area contributed by atoms with Gasteiger partial charge in [-0.25, -0.2) is 9.97 Å². The number of carbonyl (C=O) groups is 2. The van der Waals surface area contributed by atoms with Crippen molar-refractivity contribution in [2.24, 2.45) is 11.7 Å². The summed E-state index contributed by atoms with van der Waals surface area (Å²) in [6.45, 7) is 3.22. The molecule has 0 spiro atoms. The van der Waals surface area contributed by atoms with Crippen molar-refractivity contribution in [1.82, 2.24) is 20.2 Å². The van der Waals surface area contributed by atoms with E-state index in [-0.39, 0.29) is 46.5 Å². The van der Waals surface area contributed by atoms with E-state index in [2.05, 4.69) is 15.3 Å². The van der Waals surface area contributed by atoms with E-state index >= 15 is 0 Å². The van der Waals surface area contributed by atoms with Crippen LogP contribution in [0.15, 0.2) is 28.7 Å². The fourth-order valence-corrected chi connectivity index (χ4v) is 4.61. The van der Waals surface area contributed by atoms with Crippen LogP contribution in [0.2, 0.25) is 0 Å². The second-order valence-electron chi connectivity index (χ2n) is 9.44. The van der Waals surface area contributed by atoms with Crippen LogP contribution in [0.3, 0.4) is 0 Å². The smallest absolute Gasteiger partial charge is 0.433 e. The fourth-order valence-electron chi connectivity index (χ4n) is 4.61. The molecule has 196 valence electrons. The molecule has 9 nitrogen and oxygen atoms in total. The van der Waals surface area contributed by atoms with Crippen molar-refractivity contribution in [2.75, 3.05) is 20.2 Å². The van der Waals surface area contributed by atoms with Crippen molar-refractivity contribution < 1.29 is 31.9 Å². The lowest BCUT2D eigenvalue weighted by Crippen LogP contribution is -2.53. The number of likely N-dealkylation sites (tertiary alicyclic amines) is 1. The number of carbonyl (C=O) groups excluding carboxylic acids is 2. The van der Waals surface area contributed by atoms with Crippen molar-refractivity contribution in [3.05, 3.63) is 41.4 Å². The molecule has 37 heavy (non-hydrogen) atoms. The molecule has 3 heterocycles. The molecule has 3 aromatic rings. The van der Waals surface area contributed by atoms with Crippen LogP contribution in [-0.4, -0.2) is 52.9 Å². The predicted octanol–water partition coefficient (Wildman–Crippen LogP) is 3.68. The number of benzene rings is 1. The molecule has 0 bridgehead atoms. The standard InChI is InChI=1S/C25H26F3N5O4/c1-12(29)21-20(22(34)30-14-10-13(11-14)24(35)33-8-3-9-33)32-23(37-21)16-4-6-17(36-2)19-15(16)5-7-18(31-19)25(26,27)28/h4-7,12-14H,3,8-11,29H2,1-2H3,(H,30,34)/t12-,13?,14?/m0/s1. The molecule has 1 saturated carbocycles. The minimum atomic E-state index is -4.63. The van der Waals surface area contributed by atoms with E-state index in [1.807, 2.05) is 4.90 Å². The van der Waals surface area contributed by atoms with Crippen molar-refractivity contribution in [3.8, 4) is 17.2 Å². The summed E-state index contributed by atoms with van der Waals surface area (Å²) in [6, 6.07) is 4.32. The average Bonchev–Trinajstić information content (AvgIpc) is 3.23. The number of nitrogens with zero attached hydrogens (tertiary/aromatic N) is 3. The number of aromatic nitrogens is 2. The second kappa shape index (κ2) is 9.33. The highest BCUT2D eigenvalue weighted by atomic mass is 19.4. The zero-order valence-corrected chi connectivity index (χ0v) is 20.3. The van der Waals surface area contributed by atoms with Crippen LogP contribution >= 0.6 is 0 Å². The summed E-state index contributed by atoms with van der Waals surface area (Å²) in [6.07, 6.45) is -2.51. The van der Waals surface area contributed by atoms with Gasteiger partial charge in [0.15, 0.2) is 11.5 Å². The van der Waals surface area contributed by atoms with Gasteiger partial charge in [-0.05, 0) is 50.5 Å². The molecule has 12 heteroatoms. The number of hydrogen-bond acceptors (Lipinski definition) is 7. The van der Waals surface area contributed by atoms with Gasteiger partial charge in [-0.2, -0.15) is 13.2 Å². The Kier molecular flexibility index (Phi) is 6.30. The monoisotopic (exact) mass is 517 g/mol. The minimum Gasteiger partial charge on any atom is -0.494 e. The van der Waals surface area contributed by atoms with Gasteiger partial charge in [0, 0.05) is 36.0 Å². The zero-order chi connectivity index (χ0) is 26.5. The van der Waals surface area contributed by atoms with Gasteiger partial charge in [0.05, 0.1) is 13.2 Å². The molecule has 1 aromatic carbocycles. The Balaban J connectivity index is 1.42. The first-order valence-corrected chi connectivity index (χ1v) is 12.0. The molecule has 1 aliphatic carbocycles. The Labute approximate surface area is 210 Å². The van der Waals surface area contributed by atoms with Crippen LogP contribution in [0.4, 0.5) is 13.2 Å². The molecule has 5 rings (SSSR count). The molecule has 2 aliphatic rings. The van der Waals surface area contributed by atoms with Crippen molar-refractivity contribution in [2.45, 2.75) is 44.4 Å². The molecule has 3 N–H and O–H groups in total. The highest BCUT2D eigenvalue weighted by molar-refractivity contribution is 5.98. The first-order valence-electron chi connectivity index (χ1n) is 12.0. The van der Waals surface area contributed by atoms with Crippen LogP contribution in [0.25, 0.3) is 22.4 Å². The van der Waals surface area contributed by atoms with Gasteiger partial charge < -0.3 is 25.1 Å². The highest BCUT2D eigenvalue weighted by Crippen LogP contribution is 2.38. The Morgan fingerprint density at radius 2 is 1.92 bits per heavy atom. The largest absolute Gasteiger partial charge is 0.494 e. The normalized spacial score (nSPS) is 20.2. The van der Waals surface area contributed by atoms with Crippen LogP contribution in [0, 0.1) is 5.92 Å². The summed E-state index contributed by atoms with van der Waals surface area (Å²) in [5.41, 5.74) is 5.29. The number of fused-ring (bicyclic) bond motifs is 1. The number of hydrogen-bond donors (Lipinski definition) is 2. The third-order valence-corrected chi connectivity index (χ3v) is 6.83. The summed E-state index contributed by atoms with van der Waals surface area (Å²) in [5.74, 6) is -0.141. The average molecular weight is 518 g/mol. The van der Waals surface area contributed by atoms with E-state index in [4.69, 9.17) is 14.9 Å². The Morgan fingerprint density at radius 1 is 1.19 bits per heavy atom. The van der Waals surface area contributed by atoms with Crippen LogP contribution < -0.4 is 15.8 Å². The van der Waals surface area contributed by atoms with Crippen molar-refractivity contribution in [1.29, 1.82) is 0 Å². The summed E-state index contributed by atoms with van der Waals surface area (Å²) in [4.78, 5) is 35.4. The summed E-state index contributed by atoms with van der Waals surface area (Å²) in [5, 5.41) is 3.20. The molecular weight excluding hydrogens is 491 g/mol. The van der Waals surface area contributed by atoms with Gasteiger partial charge in [-0.1, -0.05) is 0 Å². The zero-order valence-electron chi connectivity index (χ0n) is 20.3. The van der Waals surface area contributed by atoms with E-state index in [0.717, 1.165) is 25.6 Å². The van der Waals surface area contributed by atoms with Gasteiger partial charge >= 0.3 is 6.18 Å². The number of pyridine rings is 1. The topological polar surface area (TPSA) is 124 Å². The first kappa shape index (κ1) is 25.0. The molecule has 2 amide bonds. The molecule has 0 unspecified atom stereocenters. The highest BCUT2D eigenvalue weighted by Gasteiger charge is 2.39. The Morgan fingerprint density at radius 3 is 2.51 bits per heavy atom. The molecule has 2 fully saturated rings. The quantitative estimate of drug-likeness (QED) is 0.511. The number of rotatable bonds is 6. The lowest BCUT2D eigenvalue weighted by atomic mass is 9.78. The van der Waals surface area contributed by atoms with Crippen molar-refractivity contribution in [3.63, 3.8) is 0 Å². The maximum atomic E-state index is 13.3. The SMILES string of the molecule is COc1ccc(-c2nc(C(=O)NC3CC(C(=O)N4CCC4)C3)c([C@H](C)N)o2)c2ccc(C(F)(F)F)nc12. The second-order valence-corrected chi connectivity index (χ2v) is 9.44. The third kappa shape index (κ3) is 4.61. The lowest BCUT2D eigenvalue weighted by Gasteiger charge is -2.40. The number of halogens is 3. The fraction of sp³-hybridized carbons (Fsp3) is 0.440. The summed E-state index contributed by atoms with van der Waals surface area (Å²) >= 11 is 0. The third-order valence-electron chi connectivity index (χ3n) is 6.83. The van der Waals surface area contributed by atoms with E-state index < -0.39 is 23.8 Å². The molecule has 1 saturated heterocycles. The number of nitrogens with two attached hydrogens (primary N) is 1. The van der Waals surface area contributed by atoms with Crippen molar-refractivity contribution >= 4 is 22.7 Å². The Hall–Kier alpha value is -3.67. The number of methoxy groups -OCH3 is 1. The first-order chi connectivity index (χ1) is 17.6. The number of alkyl halides is 3. The van der Waals surface area contributed by atoms with E-state index in [1.165, 1.54) is 19.2 Å². The number of nitrogens with one attached hydrogen (secondary N) is 1. The minimum absolute atomic E-state index is 0.00800. The molecule has 0 radical (unpaired) electrons. The molecule has 1 aliphatic heterocycles. The van der Waals surface area contributed by atoms with Crippen LogP contribution in [0.5, 0.6) is 5.75 Å². The number of ether oxygens (including phenoxy) is 1. The molecule has 1 atom stereocenters. The van der Waals surface area contributed by atoms with E-state index in [0.29, 0.717) is 23.8 Å². The van der Waals surface area contributed by atoms with Gasteiger partial charge in [-0.3, -0.25) is 9.59 Å². The van der Waals surface area contributed by atoms with Crippen LogP contribution in [-0.2, 0) is 11.0 Å². The summed E-state index contributed by atoms with van der Waals surface area (Å²) < 4.78 is 50.9. The van der Waals surface area contributed by atoms with Gasteiger partial charge in [0.1, 0.15) is 17.0 Å². The summed E-state index contributed by atoms with van der Waals surface area (Å²) in [7, 11) is 1.33.